The molecule has 260 valence electrons. The Labute approximate surface area is 279 Å². The van der Waals surface area contributed by atoms with Gasteiger partial charge < -0.3 is 33.9 Å². The fourth-order valence-electron chi connectivity index (χ4n) is 7.77. The predicted molar refractivity (Wildman–Crippen MR) is 177 cm³/mol. The fraction of sp³-hybridized carbons (Fsp3) is 0.684. The molecule has 0 aromatic carbocycles. The molecule has 5 rings (SSSR count). The molecule has 2 bridgehead atoms. The number of rotatable bonds is 3. The number of carbonyl (C=O) groups is 2. The number of carbonyl (C=O) groups excluding carboxylic acids is 2. The molecule has 0 amide bonds. The number of ether oxygens (including phenoxy) is 5. The van der Waals surface area contributed by atoms with Crippen molar-refractivity contribution in [3.8, 4) is 0 Å². The lowest BCUT2D eigenvalue weighted by Crippen LogP contribution is -2.58. The molecule has 9 heteroatoms. The Morgan fingerprint density at radius 3 is 2.60 bits per heavy atom. The summed E-state index contributed by atoms with van der Waals surface area (Å²) in [6.45, 7) is 15.6. The van der Waals surface area contributed by atoms with Crippen molar-refractivity contribution in [1.82, 2.24) is 0 Å². The first-order valence-corrected chi connectivity index (χ1v) is 17.3. The van der Waals surface area contributed by atoms with Gasteiger partial charge in [0.15, 0.2) is 5.79 Å². The molecule has 2 N–H and O–H groups in total. The molecule has 0 aromatic heterocycles. The zero-order chi connectivity index (χ0) is 34.3. The van der Waals surface area contributed by atoms with E-state index in [1.165, 1.54) is 0 Å². The molecule has 5 aliphatic rings. The first kappa shape index (κ1) is 35.7. The quantitative estimate of drug-likeness (QED) is 0.294. The minimum atomic E-state index is -1.80. The second-order valence-corrected chi connectivity index (χ2v) is 14.8. The molecular formula is C38H54O9. The van der Waals surface area contributed by atoms with Gasteiger partial charge in [-0.3, -0.25) is 9.59 Å². The zero-order valence-corrected chi connectivity index (χ0v) is 29.2. The van der Waals surface area contributed by atoms with E-state index in [0.717, 1.165) is 17.6 Å². The summed E-state index contributed by atoms with van der Waals surface area (Å²) in [4.78, 5) is 26.9. The molecule has 11 atom stereocenters. The Hall–Kier alpha value is -2.56. The average Bonchev–Trinajstić information content (AvgIpc) is 3.37. The van der Waals surface area contributed by atoms with Gasteiger partial charge in [0.2, 0.25) is 0 Å². The van der Waals surface area contributed by atoms with Crippen molar-refractivity contribution in [1.29, 1.82) is 0 Å². The molecule has 4 heterocycles. The molecule has 1 aliphatic carbocycles. The highest BCUT2D eigenvalue weighted by Crippen LogP contribution is 2.47. The van der Waals surface area contributed by atoms with E-state index < -0.39 is 47.7 Å². The Kier molecular flexibility index (Phi) is 10.7. The third-order valence-corrected chi connectivity index (χ3v) is 10.8. The first-order chi connectivity index (χ1) is 22.2. The minimum absolute atomic E-state index is 0.0483. The molecule has 0 saturated carbocycles. The summed E-state index contributed by atoms with van der Waals surface area (Å²) in [5.74, 6) is -3.06. The summed E-state index contributed by atoms with van der Waals surface area (Å²) in [5.41, 5.74) is 1.25. The molecule has 3 saturated heterocycles. The predicted octanol–water partition coefficient (Wildman–Crippen LogP) is 5.66. The van der Waals surface area contributed by atoms with Crippen LogP contribution in [0, 0.1) is 23.7 Å². The summed E-state index contributed by atoms with van der Waals surface area (Å²) in [6.07, 6.45) is 10.5. The van der Waals surface area contributed by atoms with Crippen LogP contribution in [0.5, 0.6) is 0 Å². The second-order valence-electron chi connectivity index (χ2n) is 14.8. The van der Waals surface area contributed by atoms with Crippen molar-refractivity contribution < 1.29 is 43.5 Å². The number of aliphatic hydroxyl groups excluding tert-OH is 1. The third-order valence-electron chi connectivity index (χ3n) is 10.8. The Morgan fingerprint density at radius 1 is 1.15 bits per heavy atom. The van der Waals surface area contributed by atoms with Crippen molar-refractivity contribution in [2.75, 3.05) is 6.61 Å². The third kappa shape index (κ3) is 7.11. The highest BCUT2D eigenvalue weighted by molar-refractivity contribution is 5.78. The van der Waals surface area contributed by atoms with E-state index in [0.29, 0.717) is 42.7 Å². The van der Waals surface area contributed by atoms with E-state index in [-0.39, 0.29) is 36.6 Å². The lowest BCUT2D eigenvalue weighted by atomic mass is 9.71. The molecule has 9 nitrogen and oxygen atoms in total. The van der Waals surface area contributed by atoms with E-state index in [9.17, 15) is 19.8 Å². The lowest BCUT2D eigenvalue weighted by molar-refractivity contribution is -0.329. The smallest absolute Gasteiger partial charge is 0.316 e. The molecule has 0 aromatic rings. The van der Waals surface area contributed by atoms with E-state index in [1.807, 2.05) is 40.7 Å². The van der Waals surface area contributed by atoms with Crippen LogP contribution in [0.3, 0.4) is 0 Å². The van der Waals surface area contributed by atoms with Gasteiger partial charge in [0.05, 0.1) is 24.7 Å². The summed E-state index contributed by atoms with van der Waals surface area (Å²) in [6, 6.07) is 0. The van der Waals surface area contributed by atoms with Crippen LogP contribution >= 0.6 is 0 Å². The van der Waals surface area contributed by atoms with Gasteiger partial charge in [-0.25, -0.2) is 0 Å². The topological polar surface area (TPSA) is 121 Å². The Balaban J connectivity index is 1.57. The van der Waals surface area contributed by atoms with Crippen molar-refractivity contribution in [3.63, 3.8) is 0 Å². The van der Waals surface area contributed by atoms with Gasteiger partial charge in [-0.15, -0.1) is 0 Å². The Bertz CT molecular complexity index is 1360. The van der Waals surface area contributed by atoms with Gasteiger partial charge >= 0.3 is 11.9 Å². The fourth-order valence-corrected chi connectivity index (χ4v) is 7.77. The lowest BCUT2D eigenvalue weighted by Gasteiger charge is -2.50. The first-order valence-electron chi connectivity index (χ1n) is 17.3. The largest absolute Gasteiger partial charge is 0.462 e. The molecule has 0 radical (unpaired) electrons. The van der Waals surface area contributed by atoms with Crippen molar-refractivity contribution in [2.45, 2.75) is 136 Å². The molecular weight excluding hydrogens is 600 g/mol. The molecule has 47 heavy (non-hydrogen) atoms. The van der Waals surface area contributed by atoms with Crippen molar-refractivity contribution in [2.24, 2.45) is 23.7 Å². The maximum absolute atomic E-state index is 14.1. The van der Waals surface area contributed by atoms with Crippen LogP contribution in [-0.4, -0.2) is 76.8 Å². The monoisotopic (exact) mass is 654 g/mol. The van der Waals surface area contributed by atoms with Crippen molar-refractivity contribution in [3.05, 3.63) is 58.7 Å². The summed E-state index contributed by atoms with van der Waals surface area (Å²) in [5, 5.41) is 23.3. The summed E-state index contributed by atoms with van der Waals surface area (Å²) < 4.78 is 31.9. The van der Waals surface area contributed by atoms with Crippen LogP contribution in [-0.2, 0) is 33.3 Å². The number of esters is 2. The Morgan fingerprint density at radius 2 is 1.89 bits per heavy atom. The van der Waals surface area contributed by atoms with E-state index in [2.05, 4.69) is 26.0 Å². The average molecular weight is 655 g/mol. The number of aliphatic hydroxyl groups is 2. The molecule has 1 spiro atoms. The number of hydrogen-bond acceptors (Lipinski definition) is 9. The SMILES string of the molecule is C/C=C(\C)[C@H]1O[C@]2(CC[C@@H]1C)C[C@@H]1C[C@@H](C/C=C(\C)C(OC(=O)C(C)C)[C@@H](C)/C=C/C=C3\CO[C@@H]4[C@H](O)C(C)=CC(C(=O)O1)[C@]34O)O2. The minimum Gasteiger partial charge on any atom is -0.462 e. The molecule has 4 aliphatic heterocycles. The van der Waals surface area contributed by atoms with Crippen LogP contribution in [0.1, 0.15) is 87.5 Å². The van der Waals surface area contributed by atoms with Crippen LogP contribution < -0.4 is 0 Å². The van der Waals surface area contributed by atoms with Gasteiger partial charge in [-0.05, 0) is 68.7 Å². The van der Waals surface area contributed by atoms with Crippen LogP contribution in [0.2, 0.25) is 0 Å². The second kappa shape index (κ2) is 14.1. The molecule has 3 fully saturated rings. The van der Waals surface area contributed by atoms with Crippen LogP contribution in [0.25, 0.3) is 0 Å². The van der Waals surface area contributed by atoms with E-state index >= 15 is 0 Å². The highest BCUT2D eigenvalue weighted by atomic mass is 16.7. The summed E-state index contributed by atoms with van der Waals surface area (Å²) in [7, 11) is 0. The summed E-state index contributed by atoms with van der Waals surface area (Å²) >= 11 is 0. The number of fused-ring (bicyclic) bond motifs is 2. The van der Waals surface area contributed by atoms with E-state index in [1.54, 1.807) is 25.2 Å². The van der Waals surface area contributed by atoms with Gasteiger partial charge in [0, 0.05) is 25.2 Å². The normalized spacial score (nSPS) is 44.4. The number of allylic oxidation sites excluding steroid dienone is 3. The highest BCUT2D eigenvalue weighted by Gasteiger charge is 2.60. The van der Waals surface area contributed by atoms with E-state index in [4.69, 9.17) is 23.7 Å². The van der Waals surface area contributed by atoms with Crippen molar-refractivity contribution >= 4 is 11.9 Å². The molecule has 2 unspecified atom stereocenters. The van der Waals surface area contributed by atoms with Gasteiger partial charge in [0.1, 0.15) is 35.9 Å². The van der Waals surface area contributed by atoms with Crippen LogP contribution in [0.15, 0.2) is 58.7 Å². The number of hydrogen-bond donors (Lipinski definition) is 2. The standard InChI is InChI=1S/C38H54O9/c1-9-22(4)33-25(7)15-16-37(47-33)19-29-18-28(46-37)14-13-24(6)32(45-35(40)21(2)3)23(5)11-10-12-27-20-43-34-31(39)26(8)17-30(36(41)44-29)38(27,34)42/h9-13,17,21,23,25,28-34,39,42H,14-16,18-20H2,1-8H3/b11-10+,22-9+,24-13+,27-12+/t23-,25-,28+,29-,30?,31+,32?,33+,34+,37+,38+/m0/s1. The maximum atomic E-state index is 14.1. The van der Waals surface area contributed by atoms with Gasteiger partial charge in [-0.2, -0.15) is 0 Å². The van der Waals surface area contributed by atoms with Crippen LogP contribution in [0.4, 0.5) is 0 Å². The zero-order valence-electron chi connectivity index (χ0n) is 29.2. The van der Waals surface area contributed by atoms with Gasteiger partial charge in [0.25, 0.3) is 0 Å². The maximum Gasteiger partial charge on any atom is 0.316 e. The van der Waals surface area contributed by atoms with Gasteiger partial charge in [-0.1, -0.05) is 64.2 Å².